The van der Waals surface area contributed by atoms with Crippen molar-refractivity contribution < 1.29 is 4.79 Å². The molecule has 2 aromatic rings. The molecule has 0 radical (unpaired) electrons. The molecule has 1 atom stereocenters. The lowest BCUT2D eigenvalue weighted by Crippen LogP contribution is -2.27. The number of nitrogens with one attached hydrogen (secondary N) is 1. The summed E-state index contributed by atoms with van der Waals surface area (Å²) in [5.41, 5.74) is 5.09. The molecule has 0 bridgehead atoms. The van der Waals surface area contributed by atoms with Crippen LogP contribution in [0.15, 0.2) is 48.5 Å². The highest BCUT2D eigenvalue weighted by Gasteiger charge is 2.14. The summed E-state index contributed by atoms with van der Waals surface area (Å²) in [5, 5.41) is 3.10. The molecule has 1 N–H and O–H groups in total. The molecule has 2 nitrogen and oxygen atoms in total. The second kappa shape index (κ2) is 7.65. The van der Waals surface area contributed by atoms with Crippen LogP contribution in [0.1, 0.15) is 62.4 Å². The molecule has 1 unspecified atom stereocenters. The van der Waals surface area contributed by atoms with Gasteiger partial charge in [0.15, 0.2) is 0 Å². The number of carbonyl (C=O) groups is 1. The van der Waals surface area contributed by atoms with Gasteiger partial charge in [0, 0.05) is 6.42 Å². The molecule has 24 heavy (non-hydrogen) atoms. The second-order valence-electron chi connectivity index (χ2n) is 7.59. The van der Waals surface area contributed by atoms with Gasteiger partial charge in [-0.05, 0) is 47.9 Å². The van der Waals surface area contributed by atoms with Crippen molar-refractivity contribution in [1.29, 1.82) is 0 Å². The van der Waals surface area contributed by atoms with E-state index in [1.165, 1.54) is 22.3 Å². The highest BCUT2D eigenvalue weighted by atomic mass is 16.1. The Balaban J connectivity index is 1.88. The van der Waals surface area contributed by atoms with Crippen molar-refractivity contribution in [2.75, 3.05) is 0 Å². The fourth-order valence-electron chi connectivity index (χ4n) is 2.89. The Morgan fingerprint density at radius 3 is 2.25 bits per heavy atom. The first-order valence-corrected chi connectivity index (χ1v) is 8.71. The number of hydrogen-bond acceptors (Lipinski definition) is 1. The number of benzene rings is 2. The Bertz CT molecular complexity index is 680. The zero-order chi connectivity index (χ0) is 17.7. The molecule has 128 valence electrons. The summed E-state index contributed by atoms with van der Waals surface area (Å²) in [6, 6.07) is 16.8. The van der Waals surface area contributed by atoms with Crippen molar-refractivity contribution >= 4 is 5.91 Å². The maximum Gasteiger partial charge on any atom is 0.220 e. The van der Waals surface area contributed by atoms with Crippen LogP contribution in [-0.4, -0.2) is 5.91 Å². The fraction of sp³-hybridized carbons (Fsp3) is 0.409. The van der Waals surface area contributed by atoms with Crippen LogP contribution in [0.4, 0.5) is 0 Å². The molecule has 1 amide bonds. The topological polar surface area (TPSA) is 29.1 Å². The Labute approximate surface area is 146 Å². The zero-order valence-corrected chi connectivity index (χ0v) is 15.5. The minimum Gasteiger partial charge on any atom is -0.350 e. The summed E-state index contributed by atoms with van der Waals surface area (Å²) >= 11 is 0. The summed E-state index contributed by atoms with van der Waals surface area (Å²) in [4.78, 5) is 12.2. The molecule has 0 spiro atoms. The van der Waals surface area contributed by atoms with E-state index in [-0.39, 0.29) is 17.4 Å². The Hall–Kier alpha value is -2.09. The van der Waals surface area contributed by atoms with E-state index in [2.05, 4.69) is 69.4 Å². The smallest absolute Gasteiger partial charge is 0.220 e. The maximum atomic E-state index is 12.2. The first-order valence-electron chi connectivity index (χ1n) is 8.71. The van der Waals surface area contributed by atoms with Gasteiger partial charge in [0.1, 0.15) is 0 Å². The summed E-state index contributed by atoms with van der Waals surface area (Å²) in [6.45, 7) is 10.8. The van der Waals surface area contributed by atoms with E-state index in [1.807, 2.05) is 19.1 Å². The third-order valence-corrected chi connectivity index (χ3v) is 4.49. The minimum atomic E-state index is 0.0435. The van der Waals surface area contributed by atoms with Crippen LogP contribution < -0.4 is 5.32 Å². The second-order valence-corrected chi connectivity index (χ2v) is 7.59. The van der Waals surface area contributed by atoms with E-state index in [9.17, 15) is 4.79 Å². The average molecular weight is 323 g/mol. The Morgan fingerprint density at radius 2 is 1.67 bits per heavy atom. The Morgan fingerprint density at radius 1 is 1.04 bits per heavy atom. The molecule has 0 aromatic heterocycles. The van der Waals surface area contributed by atoms with Crippen molar-refractivity contribution in [2.45, 2.75) is 58.9 Å². The quantitative estimate of drug-likeness (QED) is 0.814. The van der Waals surface area contributed by atoms with E-state index in [1.54, 1.807) is 0 Å². The minimum absolute atomic E-state index is 0.0435. The van der Waals surface area contributed by atoms with Gasteiger partial charge in [-0.3, -0.25) is 4.79 Å². The SMILES string of the molecule is Cc1ccccc1C(C)NC(=O)CCc1ccc(C(C)(C)C)cc1. The zero-order valence-electron chi connectivity index (χ0n) is 15.5. The number of rotatable bonds is 5. The van der Waals surface area contributed by atoms with Crippen molar-refractivity contribution in [1.82, 2.24) is 5.32 Å². The summed E-state index contributed by atoms with van der Waals surface area (Å²) < 4.78 is 0. The molecular formula is C22H29NO. The molecule has 0 aliphatic heterocycles. The molecule has 0 heterocycles. The lowest BCUT2D eigenvalue weighted by molar-refractivity contribution is -0.121. The van der Waals surface area contributed by atoms with Gasteiger partial charge in [0.25, 0.3) is 0 Å². The third-order valence-electron chi connectivity index (χ3n) is 4.49. The molecule has 2 heteroatoms. The molecule has 0 fully saturated rings. The van der Waals surface area contributed by atoms with Gasteiger partial charge in [0.05, 0.1) is 6.04 Å². The van der Waals surface area contributed by atoms with E-state index in [0.717, 1.165) is 6.42 Å². The molecule has 2 rings (SSSR count). The molecule has 2 aromatic carbocycles. The molecule has 0 aliphatic carbocycles. The normalized spacial score (nSPS) is 12.7. The van der Waals surface area contributed by atoms with Gasteiger partial charge < -0.3 is 5.32 Å². The first kappa shape index (κ1) is 18.3. The van der Waals surface area contributed by atoms with Crippen LogP contribution in [0.3, 0.4) is 0 Å². The van der Waals surface area contributed by atoms with Crippen LogP contribution >= 0.6 is 0 Å². The number of aryl methyl sites for hydroxylation is 2. The predicted molar refractivity (Wildman–Crippen MR) is 101 cm³/mol. The standard InChI is InChI=1S/C22H29NO/c1-16-8-6-7-9-20(16)17(2)23-21(24)15-12-18-10-13-19(14-11-18)22(3,4)5/h6-11,13-14,17H,12,15H2,1-5H3,(H,23,24). The van der Waals surface area contributed by atoms with E-state index >= 15 is 0 Å². The lowest BCUT2D eigenvalue weighted by atomic mass is 9.86. The van der Waals surface area contributed by atoms with Crippen LogP contribution in [0.25, 0.3) is 0 Å². The largest absolute Gasteiger partial charge is 0.350 e. The monoisotopic (exact) mass is 323 g/mol. The van der Waals surface area contributed by atoms with Gasteiger partial charge in [-0.15, -0.1) is 0 Å². The van der Waals surface area contributed by atoms with E-state index in [0.29, 0.717) is 6.42 Å². The van der Waals surface area contributed by atoms with Crippen LogP contribution in [0.2, 0.25) is 0 Å². The van der Waals surface area contributed by atoms with E-state index in [4.69, 9.17) is 0 Å². The Kier molecular flexibility index (Phi) is 5.82. The molecular weight excluding hydrogens is 294 g/mol. The number of hydrogen-bond donors (Lipinski definition) is 1. The fourth-order valence-corrected chi connectivity index (χ4v) is 2.89. The van der Waals surface area contributed by atoms with Gasteiger partial charge >= 0.3 is 0 Å². The van der Waals surface area contributed by atoms with Gasteiger partial charge in [-0.1, -0.05) is 69.3 Å². The third kappa shape index (κ3) is 4.95. The predicted octanol–water partition coefficient (Wildman–Crippen LogP) is 5.10. The van der Waals surface area contributed by atoms with Crippen LogP contribution in [0, 0.1) is 6.92 Å². The lowest BCUT2D eigenvalue weighted by Gasteiger charge is -2.19. The van der Waals surface area contributed by atoms with Gasteiger partial charge in [-0.25, -0.2) is 0 Å². The number of carbonyl (C=O) groups excluding carboxylic acids is 1. The molecule has 0 saturated carbocycles. The van der Waals surface area contributed by atoms with Crippen LogP contribution in [-0.2, 0) is 16.6 Å². The van der Waals surface area contributed by atoms with Crippen LogP contribution in [0.5, 0.6) is 0 Å². The van der Waals surface area contributed by atoms with Crippen molar-refractivity contribution in [3.63, 3.8) is 0 Å². The van der Waals surface area contributed by atoms with E-state index < -0.39 is 0 Å². The average Bonchev–Trinajstić information content (AvgIpc) is 2.53. The first-order chi connectivity index (χ1) is 11.3. The van der Waals surface area contributed by atoms with Gasteiger partial charge in [0.2, 0.25) is 5.91 Å². The summed E-state index contributed by atoms with van der Waals surface area (Å²) in [7, 11) is 0. The summed E-state index contributed by atoms with van der Waals surface area (Å²) in [5.74, 6) is 0.102. The molecule has 0 saturated heterocycles. The summed E-state index contributed by atoms with van der Waals surface area (Å²) in [6.07, 6.45) is 1.29. The van der Waals surface area contributed by atoms with Gasteiger partial charge in [-0.2, -0.15) is 0 Å². The maximum absolute atomic E-state index is 12.2. The number of amides is 1. The van der Waals surface area contributed by atoms with Crippen molar-refractivity contribution in [2.24, 2.45) is 0 Å². The van der Waals surface area contributed by atoms with Crippen molar-refractivity contribution in [3.8, 4) is 0 Å². The highest BCUT2D eigenvalue weighted by Crippen LogP contribution is 2.22. The highest BCUT2D eigenvalue weighted by molar-refractivity contribution is 5.76. The molecule has 0 aliphatic rings. The van der Waals surface area contributed by atoms with Crippen molar-refractivity contribution in [3.05, 3.63) is 70.8 Å².